The number of hydrogen-bond acceptors (Lipinski definition) is 2. The van der Waals surface area contributed by atoms with Gasteiger partial charge in [0.15, 0.2) is 0 Å². The number of amides is 1. The second-order valence-corrected chi connectivity index (χ2v) is 5.05. The first kappa shape index (κ1) is 14.7. The molecule has 0 atom stereocenters. The summed E-state index contributed by atoms with van der Waals surface area (Å²) in [5.74, 6) is 0.0625. The van der Waals surface area contributed by atoms with Crippen LogP contribution in [0.25, 0.3) is 0 Å². The molecule has 18 heavy (non-hydrogen) atoms. The number of rotatable bonds is 6. The maximum Gasteiger partial charge on any atom is 0.233 e. The summed E-state index contributed by atoms with van der Waals surface area (Å²) in [5.41, 5.74) is 3.89. The molecule has 0 spiro atoms. The lowest BCUT2D eigenvalue weighted by Crippen LogP contribution is -2.37. The Hall–Kier alpha value is -1.35. The van der Waals surface area contributed by atoms with Crippen molar-refractivity contribution in [2.24, 2.45) is 0 Å². The first-order chi connectivity index (χ1) is 8.49. The standard InChI is InChI=1S/C15H24N2O/c1-11(2)17-10-15(18)16-8-7-14-6-5-12(3)13(4)9-14/h5-6,9,11,17H,7-8,10H2,1-4H3,(H,16,18). The number of carbonyl (C=O) groups is 1. The van der Waals surface area contributed by atoms with Crippen LogP contribution in [0, 0.1) is 13.8 Å². The maximum atomic E-state index is 11.5. The molecule has 0 unspecified atom stereocenters. The molecule has 3 heteroatoms. The summed E-state index contributed by atoms with van der Waals surface area (Å²) in [5, 5.41) is 6.02. The van der Waals surface area contributed by atoms with E-state index in [-0.39, 0.29) is 5.91 Å². The predicted molar refractivity (Wildman–Crippen MR) is 75.8 cm³/mol. The average Bonchev–Trinajstić information content (AvgIpc) is 2.31. The third-order valence-corrected chi connectivity index (χ3v) is 2.98. The van der Waals surface area contributed by atoms with Crippen LogP contribution in [-0.4, -0.2) is 25.0 Å². The minimum atomic E-state index is 0.0625. The molecule has 0 heterocycles. The molecule has 1 aromatic carbocycles. The van der Waals surface area contributed by atoms with Crippen molar-refractivity contribution in [2.45, 2.75) is 40.2 Å². The molecule has 0 aliphatic rings. The summed E-state index contributed by atoms with van der Waals surface area (Å²) in [7, 11) is 0. The number of benzene rings is 1. The van der Waals surface area contributed by atoms with Crippen LogP contribution >= 0.6 is 0 Å². The molecule has 0 radical (unpaired) electrons. The molecule has 2 N–H and O–H groups in total. The lowest BCUT2D eigenvalue weighted by molar-refractivity contribution is -0.120. The Balaban J connectivity index is 2.28. The van der Waals surface area contributed by atoms with Crippen LogP contribution < -0.4 is 10.6 Å². The molecular weight excluding hydrogens is 224 g/mol. The van der Waals surface area contributed by atoms with Gasteiger partial charge in [-0.2, -0.15) is 0 Å². The monoisotopic (exact) mass is 248 g/mol. The van der Waals surface area contributed by atoms with Gasteiger partial charge in [-0.1, -0.05) is 32.0 Å². The summed E-state index contributed by atoms with van der Waals surface area (Å²) in [6.45, 7) is 9.37. The maximum absolute atomic E-state index is 11.5. The van der Waals surface area contributed by atoms with E-state index in [2.05, 4.69) is 42.7 Å². The number of hydrogen-bond donors (Lipinski definition) is 2. The normalized spacial score (nSPS) is 10.7. The van der Waals surface area contributed by atoms with Crippen molar-refractivity contribution in [1.82, 2.24) is 10.6 Å². The molecule has 0 aromatic heterocycles. The number of aryl methyl sites for hydroxylation is 2. The Morgan fingerprint density at radius 3 is 2.56 bits per heavy atom. The Morgan fingerprint density at radius 2 is 1.94 bits per heavy atom. The van der Waals surface area contributed by atoms with Crippen LogP contribution in [0.3, 0.4) is 0 Å². The van der Waals surface area contributed by atoms with Crippen molar-refractivity contribution in [3.8, 4) is 0 Å². The molecule has 0 saturated heterocycles. The van der Waals surface area contributed by atoms with Crippen molar-refractivity contribution in [1.29, 1.82) is 0 Å². The van der Waals surface area contributed by atoms with E-state index in [1.165, 1.54) is 16.7 Å². The molecule has 0 aliphatic carbocycles. The van der Waals surface area contributed by atoms with Crippen LogP contribution in [0.4, 0.5) is 0 Å². The fraction of sp³-hybridized carbons (Fsp3) is 0.533. The highest BCUT2D eigenvalue weighted by atomic mass is 16.1. The smallest absolute Gasteiger partial charge is 0.233 e. The molecule has 0 saturated carbocycles. The molecular formula is C15H24N2O. The Bertz CT molecular complexity index is 399. The number of carbonyl (C=O) groups excluding carboxylic acids is 1. The minimum Gasteiger partial charge on any atom is -0.355 e. The first-order valence-electron chi connectivity index (χ1n) is 6.55. The van der Waals surface area contributed by atoms with Crippen LogP contribution in [0.15, 0.2) is 18.2 Å². The average molecular weight is 248 g/mol. The summed E-state index contributed by atoms with van der Waals surface area (Å²) in [4.78, 5) is 11.5. The molecule has 3 nitrogen and oxygen atoms in total. The van der Waals surface area contributed by atoms with E-state index < -0.39 is 0 Å². The fourth-order valence-corrected chi connectivity index (χ4v) is 1.66. The summed E-state index contributed by atoms with van der Waals surface area (Å²) < 4.78 is 0. The van der Waals surface area contributed by atoms with E-state index in [1.807, 2.05) is 13.8 Å². The van der Waals surface area contributed by atoms with E-state index in [1.54, 1.807) is 0 Å². The van der Waals surface area contributed by atoms with Gasteiger partial charge in [-0.05, 0) is 37.0 Å². The van der Waals surface area contributed by atoms with Crippen LogP contribution in [0.1, 0.15) is 30.5 Å². The Morgan fingerprint density at radius 1 is 1.22 bits per heavy atom. The summed E-state index contributed by atoms with van der Waals surface area (Å²) in [6.07, 6.45) is 0.883. The third kappa shape index (κ3) is 5.32. The molecule has 0 aliphatic heterocycles. The van der Waals surface area contributed by atoms with Crippen LogP contribution in [0.5, 0.6) is 0 Å². The van der Waals surface area contributed by atoms with Gasteiger partial charge in [0.2, 0.25) is 5.91 Å². The highest BCUT2D eigenvalue weighted by Gasteiger charge is 2.02. The zero-order valence-corrected chi connectivity index (χ0v) is 11.8. The molecule has 0 bridgehead atoms. The zero-order valence-electron chi connectivity index (χ0n) is 11.8. The second kappa shape index (κ2) is 7.17. The molecule has 0 fully saturated rings. The van der Waals surface area contributed by atoms with Gasteiger partial charge in [-0.15, -0.1) is 0 Å². The van der Waals surface area contributed by atoms with Crippen molar-refractivity contribution >= 4 is 5.91 Å². The van der Waals surface area contributed by atoms with Crippen LogP contribution in [-0.2, 0) is 11.2 Å². The molecule has 1 amide bonds. The van der Waals surface area contributed by atoms with Crippen molar-refractivity contribution in [2.75, 3.05) is 13.1 Å². The molecule has 100 valence electrons. The fourth-order valence-electron chi connectivity index (χ4n) is 1.66. The Kier molecular flexibility index (Phi) is 5.86. The highest BCUT2D eigenvalue weighted by molar-refractivity contribution is 5.77. The summed E-state index contributed by atoms with van der Waals surface area (Å²) in [6, 6.07) is 6.79. The zero-order chi connectivity index (χ0) is 13.5. The van der Waals surface area contributed by atoms with E-state index in [9.17, 15) is 4.79 Å². The molecule has 1 aromatic rings. The molecule has 1 rings (SSSR count). The van der Waals surface area contributed by atoms with E-state index in [4.69, 9.17) is 0 Å². The van der Waals surface area contributed by atoms with E-state index in [0.717, 1.165) is 6.42 Å². The lowest BCUT2D eigenvalue weighted by atomic mass is 10.0. The van der Waals surface area contributed by atoms with Gasteiger partial charge in [-0.3, -0.25) is 4.79 Å². The second-order valence-electron chi connectivity index (χ2n) is 5.05. The van der Waals surface area contributed by atoms with Gasteiger partial charge in [0, 0.05) is 12.6 Å². The number of nitrogens with one attached hydrogen (secondary N) is 2. The van der Waals surface area contributed by atoms with Gasteiger partial charge in [0.1, 0.15) is 0 Å². The van der Waals surface area contributed by atoms with Crippen molar-refractivity contribution in [3.05, 3.63) is 34.9 Å². The largest absolute Gasteiger partial charge is 0.355 e. The first-order valence-corrected chi connectivity index (χ1v) is 6.55. The third-order valence-electron chi connectivity index (χ3n) is 2.98. The van der Waals surface area contributed by atoms with Gasteiger partial charge in [0.05, 0.1) is 6.54 Å². The van der Waals surface area contributed by atoms with Crippen LogP contribution in [0.2, 0.25) is 0 Å². The predicted octanol–water partition coefficient (Wildman–Crippen LogP) is 1.96. The quantitative estimate of drug-likeness (QED) is 0.808. The van der Waals surface area contributed by atoms with E-state index in [0.29, 0.717) is 19.1 Å². The minimum absolute atomic E-state index is 0.0625. The van der Waals surface area contributed by atoms with Gasteiger partial charge in [-0.25, -0.2) is 0 Å². The van der Waals surface area contributed by atoms with Crippen molar-refractivity contribution < 1.29 is 4.79 Å². The van der Waals surface area contributed by atoms with Gasteiger partial charge in [0.25, 0.3) is 0 Å². The van der Waals surface area contributed by atoms with Gasteiger partial charge >= 0.3 is 0 Å². The van der Waals surface area contributed by atoms with Crippen molar-refractivity contribution in [3.63, 3.8) is 0 Å². The van der Waals surface area contributed by atoms with Gasteiger partial charge < -0.3 is 10.6 Å². The highest BCUT2D eigenvalue weighted by Crippen LogP contribution is 2.09. The SMILES string of the molecule is Cc1ccc(CCNC(=O)CNC(C)C)cc1C. The Labute approximate surface area is 110 Å². The lowest BCUT2D eigenvalue weighted by Gasteiger charge is -2.09. The summed E-state index contributed by atoms with van der Waals surface area (Å²) >= 11 is 0. The van der Waals surface area contributed by atoms with E-state index >= 15 is 0 Å². The topological polar surface area (TPSA) is 41.1 Å².